The highest BCUT2D eigenvalue weighted by atomic mass is 32.2. The van der Waals surface area contributed by atoms with E-state index in [4.69, 9.17) is 9.47 Å². The maximum atomic E-state index is 13.3. The lowest BCUT2D eigenvalue weighted by Gasteiger charge is -2.20. The van der Waals surface area contributed by atoms with Crippen molar-refractivity contribution in [2.75, 3.05) is 18.7 Å². The summed E-state index contributed by atoms with van der Waals surface area (Å²) in [6.07, 6.45) is 10.7. The number of pyridine rings is 1. The Morgan fingerprint density at radius 3 is 2.53 bits per heavy atom. The summed E-state index contributed by atoms with van der Waals surface area (Å²) in [5.41, 5.74) is 1.02. The molecule has 2 heterocycles. The van der Waals surface area contributed by atoms with Gasteiger partial charge < -0.3 is 14.8 Å². The fourth-order valence-corrected chi connectivity index (χ4v) is 5.62. The maximum Gasteiger partial charge on any atom is 0.339 e. The molecule has 11 heteroatoms. The minimum atomic E-state index is -3.32. The van der Waals surface area contributed by atoms with Crippen LogP contribution in [0.5, 0.6) is 10.8 Å². The molecule has 1 saturated carbocycles. The molecule has 1 atom stereocenters. The molecule has 3 aromatic rings. The third kappa shape index (κ3) is 6.46. The van der Waals surface area contributed by atoms with Crippen molar-refractivity contribution >= 4 is 38.2 Å². The summed E-state index contributed by atoms with van der Waals surface area (Å²) in [4.78, 5) is 33.5. The topological polar surface area (TPSA) is 125 Å². The quantitative estimate of drug-likeness (QED) is 0.391. The van der Waals surface area contributed by atoms with Crippen LogP contribution in [0.25, 0.3) is 0 Å². The fourth-order valence-electron chi connectivity index (χ4n) is 4.30. The molecule has 0 unspecified atom stereocenters. The predicted octanol–water partition coefficient (Wildman–Crippen LogP) is 4.82. The van der Waals surface area contributed by atoms with Crippen molar-refractivity contribution in [2.24, 2.45) is 5.92 Å². The number of ether oxygens (including phenoxy) is 2. The lowest BCUT2D eigenvalue weighted by Crippen LogP contribution is -2.23. The number of aromatic nitrogens is 2. The molecule has 0 aliphatic heterocycles. The van der Waals surface area contributed by atoms with Crippen molar-refractivity contribution < 1.29 is 27.5 Å². The van der Waals surface area contributed by atoms with Gasteiger partial charge in [-0.25, -0.2) is 18.2 Å². The number of carbonyl (C=O) groups is 2. The summed E-state index contributed by atoms with van der Waals surface area (Å²) in [7, 11) is -2.04. The van der Waals surface area contributed by atoms with Crippen LogP contribution in [0.4, 0.5) is 5.13 Å². The van der Waals surface area contributed by atoms with E-state index in [-0.39, 0.29) is 16.4 Å². The first-order chi connectivity index (χ1) is 17.2. The Kier molecular flexibility index (Phi) is 8.00. The van der Waals surface area contributed by atoms with E-state index in [1.54, 1.807) is 24.3 Å². The van der Waals surface area contributed by atoms with Crippen molar-refractivity contribution in [3.63, 3.8) is 0 Å². The van der Waals surface area contributed by atoms with Crippen molar-refractivity contribution in [1.82, 2.24) is 9.97 Å². The van der Waals surface area contributed by atoms with Crippen LogP contribution in [-0.2, 0) is 19.4 Å². The predicted molar refractivity (Wildman–Crippen MR) is 135 cm³/mol. The Hall–Kier alpha value is -3.31. The monoisotopic (exact) mass is 529 g/mol. The van der Waals surface area contributed by atoms with Gasteiger partial charge in [-0.1, -0.05) is 49.2 Å². The van der Waals surface area contributed by atoms with E-state index in [1.165, 1.54) is 31.8 Å². The molecule has 0 radical (unpaired) electrons. The van der Waals surface area contributed by atoms with Gasteiger partial charge in [0, 0.05) is 12.5 Å². The van der Waals surface area contributed by atoms with Gasteiger partial charge in [-0.3, -0.25) is 9.78 Å². The highest BCUT2D eigenvalue weighted by molar-refractivity contribution is 7.90. The van der Waals surface area contributed by atoms with Crippen LogP contribution in [0.3, 0.4) is 0 Å². The summed E-state index contributed by atoms with van der Waals surface area (Å²) in [5, 5.41) is 3.67. The summed E-state index contributed by atoms with van der Waals surface area (Å²) in [6.45, 7) is 0. The summed E-state index contributed by atoms with van der Waals surface area (Å²) in [5.74, 6) is -0.382. The van der Waals surface area contributed by atoms with Crippen LogP contribution in [0.2, 0.25) is 0 Å². The van der Waals surface area contributed by atoms with Gasteiger partial charge in [-0.2, -0.15) is 0 Å². The molecule has 1 fully saturated rings. The number of sulfone groups is 1. The van der Waals surface area contributed by atoms with E-state index < -0.39 is 21.7 Å². The average molecular weight is 530 g/mol. The summed E-state index contributed by atoms with van der Waals surface area (Å²) >= 11 is 1.15. The third-order valence-corrected chi connectivity index (χ3v) is 8.06. The first kappa shape index (κ1) is 25.8. The molecular formula is C25H27N3O6S2. The first-order valence-corrected chi connectivity index (χ1v) is 14.2. The zero-order valence-electron chi connectivity index (χ0n) is 20.0. The van der Waals surface area contributed by atoms with Crippen molar-refractivity contribution in [2.45, 2.75) is 42.9 Å². The number of carbonyl (C=O) groups excluding carboxylic acids is 2. The molecule has 1 amide bonds. The molecule has 0 saturated heterocycles. The van der Waals surface area contributed by atoms with Gasteiger partial charge in [0.15, 0.2) is 15.0 Å². The molecule has 36 heavy (non-hydrogen) atoms. The zero-order chi connectivity index (χ0) is 25.7. The van der Waals surface area contributed by atoms with E-state index in [0.29, 0.717) is 28.3 Å². The number of hydrogen-bond acceptors (Lipinski definition) is 9. The second-order valence-electron chi connectivity index (χ2n) is 8.76. The molecule has 1 aliphatic rings. The molecule has 9 nitrogen and oxygen atoms in total. The third-order valence-electron chi connectivity index (χ3n) is 6.14. The molecule has 1 N–H and O–H groups in total. The van der Waals surface area contributed by atoms with Crippen LogP contribution < -0.4 is 10.1 Å². The second-order valence-corrected chi connectivity index (χ2v) is 11.8. The largest absolute Gasteiger partial charge is 0.465 e. The van der Waals surface area contributed by atoms with Crippen molar-refractivity contribution in [3.05, 3.63) is 60.0 Å². The van der Waals surface area contributed by atoms with Gasteiger partial charge in [-0.05, 0) is 36.1 Å². The number of rotatable bonds is 9. The number of esters is 1. The number of benzene rings is 1. The zero-order valence-corrected chi connectivity index (χ0v) is 21.6. The Morgan fingerprint density at radius 2 is 1.86 bits per heavy atom. The number of thiazole rings is 1. The molecular weight excluding hydrogens is 502 g/mol. The Balaban J connectivity index is 1.48. The van der Waals surface area contributed by atoms with Crippen LogP contribution in [-0.4, -0.2) is 43.6 Å². The number of hydrogen-bond donors (Lipinski definition) is 1. The SMILES string of the molecule is COC(=O)c1cncc(Oc2cnc(NC(=O)[C@H](CC3CCCC3)c3ccc(S(C)(=O)=O)cc3)s2)c1. The average Bonchev–Trinajstić information content (AvgIpc) is 3.54. The van der Waals surface area contributed by atoms with Gasteiger partial charge in [0.2, 0.25) is 11.0 Å². The van der Waals surface area contributed by atoms with Crippen molar-refractivity contribution in [1.29, 1.82) is 0 Å². The Morgan fingerprint density at radius 1 is 1.14 bits per heavy atom. The van der Waals surface area contributed by atoms with Gasteiger partial charge >= 0.3 is 5.97 Å². The number of anilines is 1. The van der Waals surface area contributed by atoms with Crippen LogP contribution >= 0.6 is 11.3 Å². The number of nitrogens with one attached hydrogen (secondary N) is 1. The van der Waals surface area contributed by atoms with Crippen LogP contribution in [0, 0.1) is 5.92 Å². The number of methoxy groups -OCH3 is 1. The smallest absolute Gasteiger partial charge is 0.339 e. The van der Waals surface area contributed by atoms with E-state index >= 15 is 0 Å². The van der Waals surface area contributed by atoms with E-state index in [1.807, 2.05) is 0 Å². The minimum Gasteiger partial charge on any atom is -0.465 e. The fraction of sp³-hybridized carbons (Fsp3) is 0.360. The molecule has 0 spiro atoms. The van der Waals surface area contributed by atoms with E-state index in [2.05, 4.69) is 15.3 Å². The highest BCUT2D eigenvalue weighted by Gasteiger charge is 2.27. The number of amides is 1. The Bertz CT molecular complexity index is 1330. The lowest BCUT2D eigenvalue weighted by atomic mass is 9.87. The first-order valence-electron chi connectivity index (χ1n) is 11.5. The maximum absolute atomic E-state index is 13.3. The molecule has 1 aliphatic carbocycles. The van der Waals surface area contributed by atoms with Gasteiger partial charge in [0.25, 0.3) is 0 Å². The standard InChI is InChI=1S/C25H27N3O6S2/c1-33-24(30)18-12-19(14-26-13-18)34-22-15-27-25(35-22)28-23(29)21(11-16-5-3-4-6-16)17-7-9-20(10-8-17)36(2,31)32/h7-10,12-16,21H,3-6,11H2,1-2H3,(H,27,28,29)/t21-/m1/s1. The minimum absolute atomic E-state index is 0.204. The lowest BCUT2D eigenvalue weighted by molar-refractivity contribution is -0.118. The second kappa shape index (κ2) is 11.2. The van der Waals surface area contributed by atoms with Crippen molar-refractivity contribution in [3.8, 4) is 10.8 Å². The molecule has 4 rings (SSSR count). The number of nitrogens with zero attached hydrogens (tertiary/aromatic N) is 2. The normalized spacial score (nSPS) is 14.8. The molecule has 1 aromatic carbocycles. The molecule has 0 bridgehead atoms. The highest BCUT2D eigenvalue weighted by Crippen LogP contribution is 2.36. The summed E-state index contributed by atoms with van der Waals surface area (Å²) in [6, 6.07) is 8.03. The summed E-state index contributed by atoms with van der Waals surface area (Å²) < 4.78 is 34.1. The van der Waals surface area contributed by atoms with E-state index in [9.17, 15) is 18.0 Å². The van der Waals surface area contributed by atoms with Gasteiger partial charge in [-0.15, -0.1) is 0 Å². The molecule has 2 aromatic heterocycles. The molecule has 190 valence electrons. The van der Waals surface area contributed by atoms with Crippen LogP contribution in [0.15, 0.2) is 53.8 Å². The van der Waals surface area contributed by atoms with Gasteiger partial charge in [0.05, 0.1) is 35.9 Å². The van der Waals surface area contributed by atoms with Crippen LogP contribution in [0.1, 0.15) is 53.9 Å². The van der Waals surface area contributed by atoms with Gasteiger partial charge in [0.1, 0.15) is 5.75 Å². The van der Waals surface area contributed by atoms with E-state index in [0.717, 1.165) is 48.8 Å². The Labute approximate surface area is 213 Å².